The molecule has 5 nitrogen and oxygen atoms in total. The molecule has 0 aromatic heterocycles. The average Bonchev–Trinajstić information content (AvgIpc) is 2.67. The van der Waals surface area contributed by atoms with Crippen molar-refractivity contribution in [3.05, 3.63) is 70.2 Å². The molecule has 3 rings (SSSR count). The summed E-state index contributed by atoms with van der Waals surface area (Å²) in [7, 11) is 0. The number of hydrogen-bond donors (Lipinski definition) is 2. The van der Waals surface area contributed by atoms with Crippen LogP contribution in [-0.2, 0) is 11.3 Å². The first kappa shape index (κ1) is 18.9. The second-order valence-electron chi connectivity index (χ2n) is 6.35. The number of aromatic carboxylic acids is 1. The highest BCUT2D eigenvalue weighted by molar-refractivity contribution is 6.30. The topological polar surface area (TPSA) is 61.8 Å². The van der Waals surface area contributed by atoms with Gasteiger partial charge in [-0.2, -0.15) is 0 Å². The highest BCUT2D eigenvalue weighted by Gasteiger charge is 2.22. The minimum Gasteiger partial charge on any atom is -0.478 e. The number of benzene rings is 2. The summed E-state index contributed by atoms with van der Waals surface area (Å²) in [5.74, 6) is -0.903. The Balaban J connectivity index is 1.63. The highest BCUT2D eigenvalue weighted by Crippen LogP contribution is 2.23. The van der Waals surface area contributed by atoms with Crippen molar-refractivity contribution in [2.24, 2.45) is 0 Å². The fourth-order valence-electron chi connectivity index (χ4n) is 3.15. The van der Waals surface area contributed by atoms with Gasteiger partial charge in [0.25, 0.3) is 0 Å². The van der Waals surface area contributed by atoms with Crippen LogP contribution in [0.25, 0.3) is 0 Å². The number of hydrogen-bond acceptors (Lipinski definition) is 4. The van der Waals surface area contributed by atoms with Gasteiger partial charge >= 0.3 is 5.97 Å². The lowest BCUT2D eigenvalue weighted by atomic mass is 10.0. The molecule has 2 aromatic carbocycles. The van der Waals surface area contributed by atoms with Crippen LogP contribution in [-0.4, -0.2) is 48.8 Å². The Morgan fingerprint density at radius 1 is 1.12 bits per heavy atom. The van der Waals surface area contributed by atoms with Gasteiger partial charge in [0, 0.05) is 37.2 Å². The molecule has 6 heteroatoms. The number of nitrogens with one attached hydrogen (secondary N) is 1. The standard InChI is InChI=1S/C20H23ClN2O3/c21-18-7-5-16(6-8-18)19(23-9-11-26-12-10-23)14-22-13-15-1-3-17(4-2-15)20(24)25/h1-8,19,22H,9-14H2,(H,24,25). The van der Waals surface area contributed by atoms with Crippen LogP contribution in [0.1, 0.15) is 27.5 Å². The SMILES string of the molecule is O=C(O)c1ccc(CNCC(c2ccc(Cl)cc2)N2CCOCC2)cc1. The lowest BCUT2D eigenvalue weighted by Gasteiger charge is -2.35. The average molecular weight is 375 g/mol. The van der Waals surface area contributed by atoms with Gasteiger partial charge in [0.15, 0.2) is 0 Å². The zero-order valence-corrected chi connectivity index (χ0v) is 15.3. The molecule has 26 heavy (non-hydrogen) atoms. The fourth-order valence-corrected chi connectivity index (χ4v) is 3.28. The molecule has 1 fully saturated rings. The van der Waals surface area contributed by atoms with Crippen molar-refractivity contribution in [2.75, 3.05) is 32.8 Å². The second-order valence-corrected chi connectivity index (χ2v) is 6.79. The van der Waals surface area contributed by atoms with E-state index >= 15 is 0 Å². The fraction of sp³-hybridized carbons (Fsp3) is 0.350. The molecule has 1 aliphatic rings. The number of nitrogens with zero attached hydrogens (tertiary/aromatic N) is 1. The van der Waals surface area contributed by atoms with Crippen LogP contribution in [0.3, 0.4) is 0 Å². The number of rotatable bonds is 7. The van der Waals surface area contributed by atoms with Crippen LogP contribution >= 0.6 is 11.6 Å². The first-order valence-electron chi connectivity index (χ1n) is 8.74. The van der Waals surface area contributed by atoms with Gasteiger partial charge in [0.05, 0.1) is 18.8 Å². The van der Waals surface area contributed by atoms with E-state index in [1.165, 1.54) is 5.56 Å². The lowest BCUT2D eigenvalue weighted by molar-refractivity contribution is 0.0161. The molecule has 0 amide bonds. The van der Waals surface area contributed by atoms with E-state index in [-0.39, 0.29) is 6.04 Å². The van der Waals surface area contributed by atoms with Crippen molar-refractivity contribution in [1.29, 1.82) is 0 Å². The molecule has 0 spiro atoms. The molecule has 0 radical (unpaired) electrons. The van der Waals surface area contributed by atoms with Crippen LogP contribution in [0, 0.1) is 0 Å². The maximum atomic E-state index is 10.9. The highest BCUT2D eigenvalue weighted by atomic mass is 35.5. The van der Waals surface area contributed by atoms with Crippen molar-refractivity contribution in [3.8, 4) is 0 Å². The van der Waals surface area contributed by atoms with Crippen LogP contribution in [0.2, 0.25) is 5.02 Å². The smallest absolute Gasteiger partial charge is 0.335 e. The number of carbonyl (C=O) groups is 1. The normalized spacial score (nSPS) is 16.3. The van der Waals surface area contributed by atoms with Gasteiger partial charge in [-0.15, -0.1) is 0 Å². The first-order chi connectivity index (χ1) is 12.6. The molecule has 138 valence electrons. The van der Waals surface area contributed by atoms with E-state index in [9.17, 15) is 4.79 Å². The van der Waals surface area contributed by atoms with Gasteiger partial charge in [0.1, 0.15) is 0 Å². The minimum absolute atomic E-state index is 0.245. The summed E-state index contributed by atoms with van der Waals surface area (Å²) >= 11 is 6.03. The van der Waals surface area contributed by atoms with Gasteiger partial charge in [-0.1, -0.05) is 35.9 Å². The van der Waals surface area contributed by atoms with Gasteiger partial charge in [-0.05, 0) is 35.4 Å². The Labute approximate surface area is 158 Å². The van der Waals surface area contributed by atoms with Crippen molar-refractivity contribution >= 4 is 17.6 Å². The predicted octanol–water partition coefficient (Wildman–Crippen LogP) is 3.20. The quantitative estimate of drug-likeness (QED) is 0.779. The molecule has 1 unspecified atom stereocenters. The summed E-state index contributed by atoms with van der Waals surface area (Å²) in [6, 6.07) is 15.2. The lowest BCUT2D eigenvalue weighted by Crippen LogP contribution is -2.42. The van der Waals surface area contributed by atoms with E-state index in [0.717, 1.165) is 43.4 Å². The van der Waals surface area contributed by atoms with E-state index < -0.39 is 5.97 Å². The molecule has 1 aliphatic heterocycles. The van der Waals surface area contributed by atoms with Gasteiger partial charge < -0.3 is 15.2 Å². The monoisotopic (exact) mass is 374 g/mol. The van der Waals surface area contributed by atoms with Crippen LogP contribution in [0.4, 0.5) is 0 Å². The molecule has 0 aliphatic carbocycles. The summed E-state index contributed by atoms with van der Waals surface area (Å²) in [6.07, 6.45) is 0. The Morgan fingerprint density at radius 3 is 2.38 bits per heavy atom. The van der Waals surface area contributed by atoms with Gasteiger partial charge in [-0.3, -0.25) is 4.90 Å². The van der Waals surface area contributed by atoms with Crippen LogP contribution < -0.4 is 5.32 Å². The molecule has 1 saturated heterocycles. The maximum Gasteiger partial charge on any atom is 0.335 e. The van der Waals surface area contributed by atoms with Crippen molar-refractivity contribution in [3.63, 3.8) is 0 Å². The molecule has 0 saturated carbocycles. The zero-order chi connectivity index (χ0) is 18.4. The molecular weight excluding hydrogens is 352 g/mol. The van der Waals surface area contributed by atoms with E-state index in [0.29, 0.717) is 12.1 Å². The van der Waals surface area contributed by atoms with Crippen molar-refractivity contribution in [1.82, 2.24) is 10.2 Å². The molecule has 2 aromatic rings. The van der Waals surface area contributed by atoms with Crippen molar-refractivity contribution < 1.29 is 14.6 Å². The minimum atomic E-state index is -0.903. The van der Waals surface area contributed by atoms with Crippen LogP contribution in [0.5, 0.6) is 0 Å². The summed E-state index contributed by atoms with van der Waals surface area (Å²) in [5, 5.41) is 13.2. The largest absolute Gasteiger partial charge is 0.478 e. The van der Waals surface area contributed by atoms with Gasteiger partial charge in [-0.25, -0.2) is 4.79 Å². The first-order valence-corrected chi connectivity index (χ1v) is 9.11. The second kappa shape index (κ2) is 9.14. The number of ether oxygens (including phenoxy) is 1. The molecular formula is C20H23ClN2O3. The third-order valence-electron chi connectivity index (χ3n) is 4.61. The Hall–Kier alpha value is -1.92. The number of halogens is 1. The number of carboxylic acid groups (broad SMARTS) is 1. The van der Waals surface area contributed by atoms with E-state index in [1.54, 1.807) is 12.1 Å². The van der Waals surface area contributed by atoms with E-state index in [1.807, 2.05) is 24.3 Å². The molecule has 0 bridgehead atoms. The molecule has 1 heterocycles. The number of carboxylic acids is 1. The summed E-state index contributed by atoms with van der Waals surface area (Å²) in [5.41, 5.74) is 2.60. The molecule has 1 atom stereocenters. The summed E-state index contributed by atoms with van der Waals surface area (Å²) < 4.78 is 5.48. The zero-order valence-electron chi connectivity index (χ0n) is 14.5. The van der Waals surface area contributed by atoms with Gasteiger partial charge in [0.2, 0.25) is 0 Å². The van der Waals surface area contributed by atoms with Crippen LogP contribution in [0.15, 0.2) is 48.5 Å². The van der Waals surface area contributed by atoms with Crippen molar-refractivity contribution in [2.45, 2.75) is 12.6 Å². The third-order valence-corrected chi connectivity index (χ3v) is 4.86. The number of morpholine rings is 1. The Bertz CT molecular complexity index is 713. The Kier molecular flexibility index (Phi) is 6.63. The maximum absolute atomic E-state index is 10.9. The third kappa shape index (κ3) is 5.05. The van der Waals surface area contributed by atoms with E-state index in [2.05, 4.69) is 22.3 Å². The Morgan fingerprint density at radius 2 is 1.77 bits per heavy atom. The summed E-state index contributed by atoms with van der Waals surface area (Å²) in [4.78, 5) is 13.4. The van der Waals surface area contributed by atoms with E-state index in [4.69, 9.17) is 21.4 Å². The summed E-state index contributed by atoms with van der Waals surface area (Å²) in [6.45, 7) is 4.79. The molecule has 2 N–H and O–H groups in total. The predicted molar refractivity (Wildman–Crippen MR) is 102 cm³/mol.